The van der Waals surface area contributed by atoms with Crippen molar-refractivity contribution in [3.63, 3.8) is 0 Å². The normalized spacial score (nSPS) is 26.4. The summed E-state index contributed by atoms with van der Waals surface area (Å²) in [4.78, 5) is 19.0. The van der Waals surface area contributed by atoms with Gasteiger partial charge in [0.15, 0.2) is 0 Å². The van der Waals surface area contributed by atoms with Crippen molar-refractivity contribution < 1.29 is 4.79 Å². The topological polar surface area (TPSA) is 71.2 Å². The number of aryl methyl sites for hydroxylation is 1. The van der Waals surface area contributed by atoms with Crippen LogP contribution in [0.3, 0.4) is 0 Å². The molecule has 1 aliphatic heterocycles. The van der Waals surface area contributed by atoms with Crippen LogP contribution in [0.25, 0.3) is 0 Å². The van der Waals surface area contributed by atoms with Crippen molar-refractivity contribution in [2.75, 3.05) is 12.0 Å². The van der Waals surface area contributed by atoms with Gasteiger partial charge in [0.25, 0.3) is 5.91 Å². The fourth-order valence-electron chi connectivity index (χ4n) is 3.02. The zero-order valence-corrected chi connectivity index (χ0v) is 12.7. The number of pyridine rings is 1. The van der Waals surface area contributed by atoms with Crippen LogP contribution >= 0.6 is 0 Å². The van der Waals surface area contributed by atoms with E-state index in [1.807, 2.05) is 17.9 Å². The second kappa shape index (κ2) is 5.79. The average Bonchev–Trinajstić information content (AvgIpc) is 2.41. The van der Waals surface area contributed by atoms with Crippen LogP contribution in [0, 0.1) is 18.8 Å². The lowest BCUT2D eigenvalue weighted by Gasteiger charge is -2.41. The van der Waals surface area contributed by atoms with E-state index < -0.39 is 0 Å². The summed E-state index contributed by atoms with van der Waals surface area (Å²) in [6.07, 6.45) is 1.18. The van der Waals surface area contributed by atoms with Crippen LogP contribution in [-0.4, -0.2) is 28.4 Å². The molecule has 1 aromatic rings. The van der Waals surface area contributed by atoms with Crippen LogP contribution in [0.2, 0.25) is 0 Å². The van der Waals surface area contributed by atoms with Crippen LogP contribution in [0.1, 0.15) is 43.2 Å². The number of likely N-dealkylation sites (tertiary alicyclic amines) is 1. The third-order valence-corrected chi connectivity index (χ3v) is 4.21. The standard InChI is InChI=1S/C15H24N4O/c1-9-5-10(2)12(4)19(8-9)15(20)13-6-11(3)17-14(7-13)18-16/h6-7,9-10,12H,5,8,16H2,1-4H3,(H,17,18). The highest BCUT2D eigenvalue weighted by Crippen LogP contribution is 2.28. The summed E-state index contributed by atoms with van der Waals surface area (Å²) in [7, 11) is 0. The zero-order valence-electron chi connectivity index (χ0n) is 12.7. The molecular weight excluding hydrogens is 252 g/mol. The van der Waals surface area contributed by atoms with Crippen LogP contribution in [0.5, 0.6) is 0 Å². The molecule has 1 amide bonds. The smallest absolute Gasteiger partial charge is 0.254 e. The van der Waals surface area contributed by atoms with Gasteiger partial charge in [-0.05, 0) is 44.2 Å². The molecule has 1 fully saturated rings. The molecule has 0 radical (unpaired) electrons. The molecule has 0 aliphatic carbocycles. The van der Waals surface area contributed by atoms with Crippen LogP contribution in [-0.2, 0) is 0 Å². The van der Waals surface area contributed by atoms with Crippen molar-refractivity contribution in [1.82, 2.24) is 9.88 Å². The van der Waals surface area contributed by atoms with E-state index >= 15 is 0 Å². The second-order valence-corrected chi connectivity index (χ2v) is 6.04. The van der Waals surface area contributed by atoms with E-state index in [-0.39, 0.29) is 11.9 Å². The summed E-state index contributed by atoms with van der Waals surface area (Å²) in [5.74, 6) is 7.06. The van der Waals surface area contributed by atoms with Gasteiger partial charge in [0.2, 0.25) is 0 Å². The van der Waals surface area contributed by atoms with Gasteiger partial charge in [-0.3, -0.25) is 4.79 Å². The summed E-state index contributed by atoms with van der Waals surface area (Å²) in [5.41, 5.74) is 3.95. The Kier molecular flexibility index (Phi) is 4.28. The first-order valence-corrected chi connectivity index (χ1v) is 7.18. The first kappa shape index (κ1) is 14.8. The minimum atomic E-state index is 0.0675. The predicted octanol–water partition coefficient (Wildman–Crippen LogP) is 2.18. The van der Waals surface area contributed by atoms with Gasteiger partial charge in [-0.2, -0.15) is 0 Å². The number of hydrogen-bond donors (Lipinski definition) is 2. The number of hydrazine groups is 1. The number of carbonyl (C=O) groups is 1. The Hall–Kier alpha value is -1.62. The lowest BCUT2D eigenvalue weighted by Crippen LogP contribution is -2.48. The number of amides is 1. The number of rotatable bonds is 2. The molecule has 0 bridgehead atoms. The number of nitrogens with two attached hydrogens (primary N) is 1. The zero-order chi connectivity index (χ0) is 14.9. The molecule has 1 aromatic heterocycles. The molecule has 0 saturated carbocycles. The molecule has 1 saturated heterocycles. The Morgan fingerprint density at radius 2 is 2.10 bits per heavy atom. The number of nitrogen functional groups attached to an aromatic ring is 1. The molecule has 0 spiro atoms. The number of anilines is 1. The number of nitrogens with one attached hydrogen (secondary N) is 1. The van der Waals surface area contributed by atoms with E-state index in [0.717, 1.165) is 12.2 Å². The van der Waals surface area contributed by atoms with Gasteiger partial charge in [-0.25, -0.2) is 10.8 Å². The Bertz CT molecular complexity index is 503. The molecular formula is C15H24N4O. The SMILES string of the molecule is Cc1cc(C(=O)N2CC(C)CC(C)C2C)cc(NN)n1. The predicted molar refractivity (Wildman–Crippen MR) is 80.2 cm³/mol. The number of nitrogens with zero attached hydrogens (tertiary/aromatic N) is 2. The van der Waals surface area contributed by atoms with Gasteiger partial charge >= 0.3 is 0 Å². The van der Waals surface area contributed by atoms with Crippen molar-refractivity contribution in [2.45, 2.75) is 40.2 Å². The molecule has 5 nitrogen and oxygen atoms in total. The first-order valence-electron chi connectivity index (χ1n) is 7.18. The van der Waals surface area contributed by atoms with Gasteiger partial charge in [0, 0.05) is 23.8 Å². The van der Waals surface area contributed by atoms with Gasteiger partial charge in [-0.15, -0.1) is 0 Å². The summed E-state index contributed by atoms with van der Waals surface area (Å²) in [6.45, 7) is 9.22. The third kappa shape index (κ3) is 2.93. The number of hydrogen-bond acceptors (Lipinski definition) is 4. The number of carbonyl (C=O) groups excluding carboxylic acids is 1. The Morgan fingerprint density at radius 3 is 2.75 bits per heavy atom. The first-order chi connectivity index (χ1) is 9.42. The highest BCUT2D eigenvalue weighted by Gasteiger charge is 2.32. The number of piperidine rings is 1. The third-order valence-electron chi connectivity index (χ3n) is 4.21. The van der Waals surface area contributed by atoms with E-state index in [2.05, 4.69) is 31.2 Å². The van der Waals surface area contributed by atoms with Crippen LogP contribution in [0.4, 0.5) is 5.82 Å². The fourth-order valence-corrected chi connectivity index (χ4v) is 3.02. The molecule has 3 N–H and O–H groups in total. The van der Waals surface area contributed by atoms with Gasteiger partial charge in [0.1, 0.15) is 5.82 Å². The molecule has 2 rings (SSSR count). The van der Waals surface area contributed by atoms with E-state index in [0.29, 0.717) is 23.2 Å². The lowest BCUT2D eigenvalue weighted by molar-refractivity contribution is 0.0455. The largest absolute Gasteiger partial charge is 0.335 e. The van der Waals surface area contributed by atoms with Crippen molar-refractivity contribution in [3.8, 4) is 0 Å². The van der Waals surface area contributed by atoms with E-state index in [4.69, 9.17) is 5.84 Å². The maximum absolute atomic E-state index is 12.8. The van der Waals surface area contributed by atoms with Crippen LogP contribution < -0.4 is 11.3 Å². The van der Waals surface area contributed by atoms with Gasteiger partial charge in [0.05, 0.1) is 0 Å². The molecule has 3 atom stereocenters. The summed E-state index contributed by atoms with van der Waals surface area (Å²) in [6, 6.07) is 3.80. The Balaban J connectivity index is 2.28. The van der Waals surface area contributed by atoms with Gasteiger partial charge < -0.3 is 10.3 Å². The maximum atomic E-state index is 12.8. The van der Waals surface area contributed by atoms with Crippen molar-refractivity contribution in [3.05, 3.63) is 23.4 Å². The number of aromatic nitrogens is 1. The van der Waals surface area contributed by atoms with Crippen molar-refractivity contribution >= 4 is 11.7 Å². The maximum Gasteiger partial charge on any atom is 0.254 e. The second-order valence-electron chi connectivity index (χ2n) is 6.04. The molecule has 110 valence electrons. The molecule has 0 aromatic carbocycles. The fraction of sp³-hybridized carbons (Fsp3) is 0.600. The van der Waals surface area contributed by atoms with E-state index in [9.17, 15) is 4.79 Å². The van der Waals surface area contributed by atoms with Crippen molar-refractivity contribution in [1.29, 1.82) is 0 Å². The summed E-state index contributed by atoms with van der Waals surface area (Å²) < 4.78 is 0. The highest BCUT2D eigenvalue weighted by molar-refractivity contribution is 5.95. The molecule has 2 heterocycles. The quantitative estimate of drug-likeness (QED) is 0.641. The summed E-state index contributed by atoms with van der Waals surface area (Å²) in [5, 5.41) is 0. The van der Waals surface area contributed by atoms with E-state index in [1.54, 1.807) is 6.07 Å². The Morgan fingerprint density at radius 1 is 1.40 bits per heavy atom. The Labute approximate surface area is 120 Å². The van der Waals surface area contributed by atoms with Crippen LogP contribution in [0.15, 0.2) is 12.1 Å². The highest BCUT2D eigenvalue weighted by atomic mass is 16.2. The molecule has 20 heavy (non-hydrogen) atoms. The van der Waals surface area contributed by atoms with Crippen molar-refractivity contribution in [2.24, 2.45) is 17.7 Å². The minimum absolute atomic E-state index is 0.0675. The lowest BCUT2D eigenvalue weighted by atomic mass is 9.85. The van der Waals surface area contributed by atoms with Gasteiger partial charge in [-0.1, -0.05) is 13.8 Å². The molecule has 1 aliphatic rings. The molecule has 3 unspecified atom stereocenters. The average molecular weight is 276 g/mol. The minimum Gasteiger partial charge on any atom is -0.335 e. The summed E-state index contributed by atoms with van der Waals surface area (Å²) >= 11 is 0. The van der Waals surface area contributed by atoms with E-state index in [1.165, 1.54) is 6.42 Å². The monoisotopic (exact) mass is 276 g/mol. The molecule has 5 heteroatoms.